The number of fused-ring (bicyclic) bond motifs is 2. The molecule has 5 nitrogen and oxygen atoms in total. The van der Waals surface area contributed by atoms with Crippen LogP contribution in [0.3, 0.4) is 0 Å². The van der Waals surface area contributed by atoms with Crippen LogP contribution in [-0.2, 0) is 27.2 Å². The maximum Gasteiger partial charge on any atom is 0.244 e. The van der Waals surface area contributed by atoms with Crippen LogP contribution in [-0.4, -0.2) is 34.2 Å². The smallest absolute Gasteiger partial charge is 0.244 e. The lowest BCUT2D eigenvalue weighted by molar-refractivity contribution is -0.645. The Labute approximate surface area is 154 Å². The summed E-state index contributed by atoms with van der Waals surface area (Å²) in [6.45, 7) is 4.06. The van der Waals surface area contributed by atoms with Gasteiger partial charge in [-0.05, 0) is 31.3 Å². The number of hydrogen-bond acceptors (Lipinski definition) is 1. The molecule has 0 aliphatic heterocycles. The van der Waals surface area contributed by atoms with Crippen molar-refractivity contribution in [1.82, 2.24) is 14.0 Å². The van der Waals surface area contributed by atoms with Gasteiger partial charge in [0, 0.05) is 13.1 Å². The normalized spacial score (nSPS) is 11.8. The van der Waals surface area contributed by atoms with Crippen molar-refractivity contribution in [2.75, 3.05) is 20.1 Å². The van der Waals surface area contributed by atoms with Crippen LogP contribution < -0.4 is 9.13 Å². The number of para-hydroxylation sites is 4. The third-order valence-corrected chi connectivity index (χ3v) is 5.21. The van der Waals surface area contributed by atoms with Crippen molar-refractivity contribution in [2.45, 2.75) is 13.1 Å². The fourth-order valence-corrected chi connectivity index (χ4v) is 3.70. The summed E-state index contributed by atoms with van der Waals surface area (Å²) in [4.78, 5) is 2.41. The minimum atomic E-state index is 0.998. The Hall–Kier alpha value is -2.66. The number of aromatic nitrogens is 4. The van der Waals surface area contributed by atoms with Gasteiger partial charge in [0.1, 0.15) is 13.1 Å². The van der Waals surface area contributed by atoms with E-state index >= 15 is 0 Å². The van der Waals surface area contributed by atoms with Crippen LogP contribution in [0.25, 0.3) is 22.1 Å². The van der Waals surface area contributed by atoms with Crippen molar-refractivity contribution < 1.29 is 9.13 Å². The zero-order valence-corrected chi connectivity index (χ0v) is 15.8. The highest BCUT2D eigenvalue weighted by atomic mass is 15.2. The van der Waals surface area contributed by atoms with Crippen LogP contribution in [0.1, 0.15) is 0 Å². The Kier molecular flexibility index (Phi) is 4.47. The van der Waals surface area contributed by atoms with Gasteiger partial charge in [0.15, 0.2) is 22.1 Å². The molecule has 4 rings (SSSR count). The first kappa shape index (κ1) is 16.8. The van der Waals surface area contributed by atoms with Gasteiger partial charge in [-0.2, -0.15) is 0 Å². The zero-order chi connectivity index (χ0) is 18.1. The number of hydrogen-bond donors (Lipinski definition) is 0. The molecule has 0 amide bonds. The minimum absolute atomic E-state index is 0.998. The molecule has 2 heterocycles. The van der Waals surface area contributed by atoms with Gasteiger partial charge in [-0.25, -0.2) is 18.3 Å². The first-order valence-electron chi connectivity index (χ1n) is 9.19. The van der Waals surface area contributed by atoms with Gasteiger partial charge in [0.25, 0.3) is 0 Å². The van der Waals surface area contributed by atoms with Gasteiger partial charge in [-0.15, -0.1) is 0 Å². The monoisotopic (exact) mass is 349 g/mol. The van der Waals surface area contributed by atoms with Crippen LogP contribution in [0.15, 0.2) is 61.2 Å². The van der Waals surface area contributed by atoms with E-state index in [1.54, 1.807) is 0 Å². The number of aryl methyl sites for hydroxylation is 2. The van der Waals surface area contributed by atoms with E-state index in [0.29, 0.717) is 0 Å². The number of imidazole rings is 2. The van der Waals surface area contributed by atoms with Crippen molar-refractivity contribution in [3.63, 3.8) is 0 Å². The van der Waals surface area contributed by atoms with E-state index in [1.165, 1.54) is 22.1 Å². The van der Waals surface area contributed by atoms with Gasteiger partial charge < -0.3 is 0 Å². The van der Waals surface area contributed by atoms with Crippen LogP contribution in [0.4, 0.5) is 0 Å². The molecule has 26 heavy (non-hydrogen) atoms. The van der Waals surface area contributed by atoms with Crippen molar-refractivity contribution in [3.05, 3.63) is 61.2 Å². The van der Waals surface area contributed by atoms with Gasteiger partial charge in [0.2, 0.25) is 12.7 Å². The summed E-state index contributed by atoms with van der Waals surface area (Å²) in [6, 6.07) is 17.2. The van der Waals surface area contributed by atoms with Gasteiger partial charge in [0.05, 0.1) is 14.1 Å². The predicted octanol–water partition coefficient (Wildman–Crippen LogP) is 1.88. The topological polar surface area (TPSA) is 20.9 Å². The molecular weight excluding hydrogens is 322 g/mol. The third-order valence-electron chi connectivity index (χ3n) is 5.21. The highest BCUT2D eigenvalue weighted by Crippen LogP contribution is 2.11. The molecule has 0 aliphatic carbocycles. The van der Waals surface area contributed by atoms with E-state index in [9.17, 15) is 0 Å². The van der Waals surface area contributed by atoms with Crippen molar-refractivity contribution in [1.29, 1.82) is 0 Å². The Morgan fingerprint density at radius 3 is 1.62 bits per heavy atom. The average molecular weight is 349 g/mol. The molecule has 0 fully saturated rings. The molecule has 5 heteroatoms. The first-order chi connectivity index (χ1) is 12.6. The van der Waals surface area contributed by atoms with Gasteiger partial charge in [-0.1, -0.05) is 24.3 Å². The quantitative estimate of drug-likeness (QED) is 0.487. The Morgan fingerprint density at radius 1 is 0.731 bits per heavy atom. The second-order valence-corrected chi connectivity index (χ2v) is 7.12. The highest BCUT2D eigenvalue weighted by molar-refractivity contribution is 5.72. The molecule has 0 unspecified atom stereocenters. The number of benzene rings is 2. The Morgan fingerprint density at radius 2 is 1.15 bits per heavy atom. The summed E-state index contributed by atoms with van der Waals surface area (Å²) in [6.07, 6.45) is 4.38. The molecule has 0 saturated heterocycles. The van der Waals surface area contributed by atoms with E-state index in [1.807, 2.05) is 0 Å². The summed E-state index contributed by atoms with van der Waals surface area (Å²) in [7, 11) is 6.43. The Balaban J connectivity index is 1.40. The van der Waals surface area contributed by atoms with Crippen molar-refractivity contribution >= 4 is 22.1 Å². The van der Waals surface area contributed by atoms with Gasteiger partial charge >= 0.3 is 0 Å². The molecule has 4 aromatic rings. The maximum absolute atomic E-state index is 2.41. The molecule has 0 bridgehead atoms. The van der Waals surface area contributed by atoms with Crippen LogP contribution in [0, 0.1) is 0 Å². The maximum atomic E-state index is 2.41. The lowest BCUT2D eigenvalue weighted by atomic mass is 10.3. The summed E-state index contributed by atoms with van der Waals surface area (Å²) in [5, 5.41) is 0. The van der Waals surface area contributed by atoms with Crippen molar-refractivity contribution in [3.8, 4) is 0 Å². The van der Waals surface area contributed by atoms with Gasteiger partial charge in [-0.3, -0.25) is 4.90 Å². The summed E-state index contributed by atoms with van der Waals surface area (Å²) in [5.74, 6) is 0. The van der Waals surface area contributed by atoms with Crippen molar-refractivity contribution in [2.24, 2.45) is 14.1 Å². The lowest BCUT2D eigenvalue weighted by Gasteiger charge is -2.14. The largest absolute Gasteiger partial charge is 0.299 e. The molecule has 134 valence electrons. The second-order valence-electron chi connectivity index (χ2n) is 7.12. The first-order valence-corrected chi connectivity index (χ1v) is 9.19. The predicted molar refractivity (Wildman–Crippen MR) is 104 cm³/mol. The number of nitrogens with zero attached hydrogens (tertiary/aromatic N) is 5. The van der Waals surface area contributed by atoms with Crippen LogP contribution >= 0.6 is 0 Å². The van der Waals surface area contributed by atoms with E-state index in [4.69, 9.17) is 0 Å². The second kappa shape index (κ2) is 6.92. The van der Waals surface area contributed by atoms with E-state index in [2.05, 4.69) is 105 Å². The molecule has 2 aromatic heterocycles. The standard InChI is InChI=1S/C21H27N5/c1-22(12-14-25-16-23(2)18-8-4-6-10-20(18)25)13-15-26-17-24(3)19-9-5-7-11-21(19)26/h4-11,16-17H,12-15H2,1-3H3/q+2. The van der Waals surface area contributed by atoms with Crippen LogP contribution in [0.5, 0.6) is 0 Å². The fourth-order valence-electron chi connectivity index (χ4n) is 3.70. The van der Waals surface area contributed by atoms with Crippen LogP contribution in [0.2, 0.25) is 0 Å². The molecule has 0 atom stereocenters. The minimum Gasteiger partial charge on any atom is -0.299 e. The lowest BCUT2D eigenvalue weighted by Crippen LogP contribution is -2.29. The molecule has 0 N–H and O–H groups in total. The average Bonchev–Trinajstić information content (AvgIpc) is 3.16. The molecular formula is C21H27N5+2. The molecule has 2 aromatic carbocycles. The molecule has 0 radical (unpaired) electrons. The Bertz CT molecular complexity index is 959. The van der Waals surface area contributed by atoms with E-state index < -0.39 is 0 Å². The molecule has 0 aliphatic rings. The number of likely N-dealkylation sites (N-methyl/N-ethyl adjacent to an activating group) is 1. The SMILES string of the molecule is CN(CCn1c[n+](C)c2ccccc21)CCn1c[n+](C)c2ccccc21. The zero-order valence-electron chi connectivity index (χ0n) is 15.8. The summed E-state index contributed by atoms with van der Waals surface area (Å²) >= 11 is 0. The van der Waals surface area contributed by atoms with E-state index in [0.717, 1.165) is 26.2 Å². The fraction of sp³-hybridized carbons (Fsp3) is 0.333. The highest BCUT2D eigenvalue weighted by Gasteiger charge is 2.15. The third kappa shape index (κ3) is 3.10. The summed E-state index contributed by atoms with van der Waals surface area (Å²) < 4.78 is 9.08. The molecule has 0 saturated carbocycles. The molecule has 0 spiro atoms. The number of rotatable bonds is 6. The summed E-state index contributed by atoms with van der Waals surface area (Å²) in [5.41, 5.74) is 5.15. The van der Waals surface area contributed by atoms with E-state index in [-0.39, 0.29) is 0 Å².